The maximum Gasteiger partial charge on any atom is 0.238 e. The van der Waals surface area contributed by atoms with Crippen LogP contribution in [-0.2, 0) is 4.79 Å². The lowest BCUT2D eigenvalue weighted by Gasteiger charge is -2.25. The average molecular weight is 432 g/mol. The summed E-state index contributed by atoms with van der Waals surface area (Å²) in [4.78, 5) is 14.4. The normalized spacial score (nSPS) is 16.4. The number of thioether (sulfide) groups is 1. The first kappa shape index (κ1) is 22.0. The van der Waals surface area contributed by atoms with E-state index in [9.17, 15) is 4.79 Å². The van der Waals surface area contributed by atoms with E-state index in [4.69, 9.17) is 16.3 Å². The molecule has 2 aromatic rings. The molecule has 1 fully saturated rings. The Morgan fingerprint density at radius 3 is 2.52 bits per heavy atom. The summed E-state index contributed by atoms with van der Waals surface area (Å²) in [6.07, 6.45) is 7.55. The van der Waals surface area contributed by atoms with Crippen molar-refractivity contribution in [1.29, 1.82) is 0 Å². The third kappa shape index (κ3) is 5.93. The fraction of sp³-hybridized carbons (Fsp3) is 0.458. The number of hydrogen-bond donors (Lipinski definition) is 0. The highest BCUT2D eigenvalue weighted by molar-refractivity contribution is 8.00. The molecule has 3 nitrogen and oxygen atoms in total. The van der Waals surface area contributed by atoms with Gasteiger partial charge in [0, 0.05) is 10.7 Å². The quantitative estimate of drug-likeness (QED) is 0.373. The number of rotatable bonds is 10. The monoisotopic (exact) mass is 431 g/mol. The Bertz CT molecular complexity index is 809. The highest BCUT2D eigenvalue weighted by Gasteiger charge is 2.34. The van der Waals surface area contributed by atoms with Gasteiger partial charge in [0.05, 0.1) is 12.4 Å². The molecule has 29 heavy (non-hydrogen) atoms. The molecule has 1 heterocycles. The van der Waals surface area contributed by atoms with Crippen molar-refractivity contribution in [3.8, 4) is 5.75 Å². The zero-order valence-electron chi connectivity index (χ0n) is 17.3. The van der Waals surface area contributed by atoms with Gasteiger partial charge in [0.2, 0.25) is 5.91 Å². The number of nitrogens with zero attached hydrogens (tertiary/aromatic N) is 1. The Kier molecular flexibility index (Phi) is 8.31. The molecule has 1 atom stereocenters. The predicted molar refractivity (Wildman–Crippen MR) is 124 cm³/mol. The number of amides is 1. The van der Waals surface area contributed by atoms with Crippen molar-refractivity contribution in [1.82, 2.24) is 0 Å². The molecule has 3 rings (SSSR count). The second kappa shape index (κ2) is 10.9. The minimum absolute atomic E-state index is 0.0334. The smallest absolute Gasteiger partial charge is 0.238 e. The Balaban J connectivity index is 1.58. The summed E-state index contributed by atoms with van der Waals surface area (Å²) in [5, 5.41) is 0.651. The van der Waals surface area contributed by atoms with E-state index in [1.54, 1.807) is 11.8 Å². The molecule has 0 aliphatic carbocycles. The van der Waals surface area contributed by atoms with E-state index in [1.165, 1.54) is 32.1 Å². The highest BCUT2D eigenvalue weighted by Crippen LogP contribution is 2.42. The Morgan fingerprint density at radius 1 is 1.07 bits per heavy atom. The standard InChI is InChI=1S/C24H30ClNO2S/c1-3-4-5-6-7-8-15-28-21-13-10-19(11-14-21)24-26(23(27)17-29-24)20-12-9-18(2)22(25)16-20/h9-14,16,24H,3-8,15,17H2,1-2H3/t24-/m0/s1. The summed E-state index contributed by atoms with van der Waals surface area (Å²) in [6.45, 7) is 4.96. The van der Waals surface area contributed by atoms with Crippen LogP contribution in [0.25, 0.3) is 0 Å². The van der Waals surface area contributed by atoms with Crippen LogP contribution in [0.4, 0.5) is 5.69 Å². The van der Waals surface area contributed by atoms with Crippen molar-refractivity contribution in [3.63, 3.8) is 0 Å². The molecule has 156 valence electrons. The summed E-state index contributed by atoms with van der Waals surface area (Å²) in [5.41, 5.74) is 2.96. The molecule has 0 bridgehead atoms. The third-order valence-corrected chi connectivity index (χ3v) is 6.85. The molecule has 5 heteroatoms. The van der Waals surface area contributed by atoms with Crippen LogP contribution in [0.15, 0.2) is 42.5 Å². The minimum atomic E-state index is -0.0334. The van der Waals surface area contributed by atoms with Gasteiger partial charge in [-0.2, -0.15) is 0 Å². The Hall–Kier alpha value is -1.65. The van der Waals surface area contributed by atoms with Crippen LogP contribution in [0.5, 0.6) is 5.75 Å². The first-order valence-electron chi connectivity index (χ1n) is 10.5. The molecular weight excluding hydrogens is 402 g/mol. The number of carbonyl (C=O) groups is 1. The Labute approximate surface area is 183 Å². The molecule has 0 N–H and O–H groups in total. The lowest BCUT2D eigenvalue weighted by molar-refractivity contribution is -0.115. The van der Waals surface area contributed by atoms with Crippen LogP contribution >= 0.6 is 23.4 Å². The number of aryl methyl sites for hydroxylation is 1. The zero-order chi connectivity index (χ0) is 20.6. The lowest BCUT2D eigenvalue weighted by Crippen LogP contribution is -2.27. The van der Waals surface area contributed by atoms with Crippen molar-refractivity contribution in [2.45, 2.75) is 57.7 Å². The van der Waals surface area contributed by atoms with E-state index >= 15 is 0 Å². The van der Waals surface area contributed by atoms with E-state index in [2.05, 4.69) is 19.1 Å². The molecular formula is C24H30ClNO2S. The van der Waals surface area contributed by atoms with Gasteiger partial charge in [-0.25, -0.2) is 0 Å². The molecule has 1 aliphatic heterocycles. The molecule has 0 unspecified atom stereocenters. The van der Waals surface area contributed by atoms with Gasteiger partial charge in [-0.05, 0) is 48.7 Å². The van der Waals surface area contributed by atoms with Crippen LogP contribution in [0, 0.1) is 6.92 Å². The molecule has 2 aromatic carbocycles. The maximum atomic E-state index is 12.5. The number of carbonyl (C=O) groups excluding carboxylic acids is 1. The number of ether oxygens (including phenoxy) is 1. The van der Waals surface area contributed by atoms with Gasteiger partial charge < -0.3 is 4.74 Å². The summed E-state index contributed by atoms with van der Waals surface area (Å²) in [6, 6.07) is 14.0. The maximum absolute atomic E-state index is 12.5. The van der Waals surface area contributed by atoms with Gasteiger partial charge in [0.1, 0.15) is 11.1 Å². The van der Waals surface area contributed by atoms with E-state index < -0.39 is 0 Å². The van der Waals surface area contributed by atoms with E-state index in [1.807, 2.05) is 42.2 Å². The van der Waals surface area contributed by atoms with Crippen molar-refractivity contribution >= 4 is 35.0 Å². The number of hydrogen-bond acceptors (Lipinski definition) is 3. The van der Waals surface area contributed by atoms with Gasteiger partial charge in [0.15, 0.2) is 0 Å². The fourth-order valence-electron chi connectivity index (χ4n) is 3.48. The molecule has 0 radical (unpaired) electrons. The summed E-state index contributed by atoms with van der Waals surface area (Å²) in [7, 11) is 0. The average Bonchev–Trinajstić information content (AvgIpc) is 3.11. The summed E-state index contributed by atoms with van der Waals surface area (Å²) in [5.74, 6) is 1.48. The fourth-order valence-corrected chi connectivity index (χ4v) is 4.83. The van der Waals surface area contributed by atoms with Crippen LogP contribution in [0.2, 0.25) is 5.02 Å². The summed E-state index contributed by atoms with van der Waals surface area (Å²) >= 11 is 7.93. The van der Waals surface area contributed by atoms with Gasteiger partial charge in [-0.1, -0.05) is 68.8 Å². The largest absolute Gasteiger partial charge is 0.494 e. The van der Waals surface area contributed by atoms with Crippen LogP contribution in [-0.4, -0.2) is 18.3 Å². The number of benzene rings is 2. The molecule has 0 aromatic heterocycles. The lowest BCUT2D eigenvalue weighted by atomic mass is 10.1. The summed E-state index contributed by atoms with van der Waals surface area (Å²) < 4.78 is 5.89. The molecule has 1 aliphatic rings. The van der Waals surface area contributed by atoms with Gasteiger partial charge in [0.25, 0.3) is 0 Å². The first-order valence-corrected chi connectivity index (χ1v) is 12.0. The van der Waals surface area contributed by atoms with Gasteiger partial charge in [-0.3, -0.25) is 9.69 Å². The second-order valence-corrected chi connectivity index (χ2v) is 9.02. The highest BCUT2D eigenvalue weighted by atomic mass is 35.5. The molecule has 1 saturated heterocycles. The first-order chi connectivity index (χ1) is 14.1. The minimum Gasteiger partial charge on any atom is -0.494 e. The van der Waals surface area contributed by atoms with Crippen LogP contribution in [0.3, 0.4) is 0 Å². The van der Waals surface area contributed by atoms with Crippen molar-refractivity contribution < 1.29 is 9.53 Å². The van der Waals surface area contributed by atoms with Crippen LogP contribution < -0.4 is 9.64 Å². The van der Waals surface area contributed by atoms with Crippen LogP contribution in [0.1, 0.15) is 61.9 Å². The van der Waals surface area contributed by atoms with Crippen molar-refractivity contribution in [2.24, 2.45) is 0 Å². The molecule has 1 amide bonds. The van der Waals surface area contributed by atoms with E-state index in [0.29, 0.717) is 10.8 Å². The van der Waals surface area contributed by atoms with Gasteiger partial charge >= 0.3 is 0 Å². The SMILES string of the molecule is CCCCCCCCOc1ccc([C@@H]2SCC(=O)N2c2ccc(C)c(Cl)c2)cc1. The van der Waals surface area contributed by atoms with E-state index in [0.717, 1.165) is 35.6 Å². The van der Waals surface area contributed by atoms with E-state index in [-0.39, 0.29) is 11.3 Å². The number of unbranched alkanes of at least 4 members (excludes halogenated alkanes) is 5. The van der Waals surface area contributed by atoms with Gasteiger partial charge in [-0.15, -0.1) is 11.8 Å². The Morgan fingerprint density at radius 2 is 1.79 bits per heavy atom. The molecule has 0 spiro atoms. The molecule has 0 saturated carbocycles. The number of halogens is 1. The van der Waals surface area contributed by atoms with Crippen molar-refractivity contribution in [3.05, 3.63) is 58.6 Å². The topological polar surface area (TPSA) is 29.5 Å². The number of anilines is 1. The third-order valence-electron chi connectivity index (χ3n) is 5.23. The predicted octanol–water partition coefficient (Wildman–Crippen LogP) is 7.17. The second-order valence-electron chi connectivity index (χ2n) is 7.55. The van der Waals surface area contributed by atoms with Crippen molar-refractivity contribution in [2.75, 3.05) is 17.3 Å². The zero-order valence-corrected chi connectivity index (χ0v) is 18.9.